The first-order valence-electron chi connectivity index (χ1n) is 23.8. The molecule has 2 aromatic carbocycles. The van der Waals surface area contributed by atoms with E-state index in [1.165, 1.54) is 18.4 Å². The van der Waals surface area contributed by atoms with Gasteiger partial charge in [0, 0.05) is 114 Å². The Hall–Kier alpha value is -4.12. The smallest absolute Gasteiger partial charge is 0.549 e. The predicted octanol–water partition coefficient (Wildman–Crippen LogP) is -0.670. The van der Waals surface area contributed by atoms with Crippen molar-refractivity contribution in [3.05, 3.63) is 58.8 Å². The SMILES string of the molecule is O=C(O)C(F)(F)F.O=C([O-])CN1CCN(CCCCCCn2c3c(c4ccccc42)C[C@@]2(O)[C@@H]4Cc5ccc(O)c6c5[C@@]2(CCN4CC2CC2)[C@H]3O6)CCN(CC(=O)[O-])CCN(CC(=O)[O-])CC1.[In+3]. The molecule has 1 saturated carbocycles. The fraction of sp³-hybridized carbons (Fsp3) is 0.625. The van der Waals surface area contributed by atoms with E-state index in [4.69, 9.17) is 14.6 Å². The summed E-state index contributed by atoms with van der Waals surface area (Å²) in [5.41, 5.74) is 3.96. The maximum atomic E-state index is 13.3. The van der Waals surface area contributed by atoms with E-state index in [2.05, 4.69) is 44.7 Å². The zero-order valence-electron chi connectivity index (χ0n) is 38.7. The van der Waals surface area contributed by atoms with Gasteiger partial charge in [0.1, 0.15) is 0 Å². The summed E-state index contributed by atoms with van der Waals surface area (Å²) in [4.78, 5) is 53.5. The number of fused-ring (bicyclic) bond motifs is 4. The number of rotatable bonds is 15. The number of ether oxygens (including phenoxy) is 1. The third-order valence-corrected chi connectivity index (χ3v) is 15.2. The Morgan fingerprint density at radius 3 is 1.83 bits per heavy atom. The average Bonchev–Trinajstić information content (AvgIpc) is 3.94. The number of carbonyl (C=O) groups is 4. The molecule has 6 aliphatic rings. The number of phenols is 1. The normalized spacial score (nSPS) is 25.4. The van der Waals surface area contributed by atoms with Gasteiger partial charge < -0.3 is 59.2 Å². The van der Waals surface area contributed by atoms with Gasteiger partial charge in [0.15, 0.2) is 17.6 Å². The summed E-state index contributed by atoms with van der Waals surface area (Å²) in [6.07, 6.45) is 2.86. The van der Waals surface area contributed by atoms with E-state index in [9.17, 15) is 53.1 Å². The molecular weight excluding hydrogens is 1010 g/mol. The number of halogens is 3. The van der Waals surface area contributed by atoms with Crippen molar-refractivity contribution in [2.75, 3.05) is 91.6 Å². The molecule has 0 amide bonds. The number of carbonyl (C=O) groups excluding carboxylic acids is 3. The van der Waals surface area contributed by atoms with Crippen LogP contribution in [-0.2, 0) is 44.0 Å². The fourth-order valence-electron chi connectivity index (χ4n) is 11.8. The zero-order valence-corrected chi connectivity index (χ0v) is 42.0. The minimum Gasteiger partial charge on any atom is -0.549 e. The summed E-state index contributed by atoms with van der Waals surface area (Å²) in [5, 5.41) is 67.5. The maximum absolute atomic E-state index is 13.3. The maximum Gasteiger partial charge on any atom is 3.00 e. The number of nitrogens with zero attached hydrogens (tertiary/aromatic N) is 6. The van der Waals surface area contributed by atoms with Crippen LogP contribution in [-0.4, -0.2) is 204 Å². The van der Waals surface area contributed by atoms with Crippen molar-refractivity contribution in [2.24, 2.45) is 5.92 Å². The van der Waals surface area contributed by atoms with E-state index >= 15 is 0 Å². The standard InChI is InChI=1S/C46H62N6O9.C2HF3O2.In/c53-36-12-11-32-25-37-46(60)26-34-33-7-3-4-8-35(33)52(42(34)44-45(46,41(32)43(36)61-44)13-16-51(37)27-31-9-10-31)15-6-2-1-5-14-47-17-19-48(28-38(54)55)21-23-50(30-40(58)59)24-22-49(20-18-47)29-39(56)57;3-2(4,5)1(6)7;/h3-4,7-8,11-12,31,37,44,53,60H,1-2,5-6,9-10,13-30H2,(H,54,55)(H,56,57)(H,58,59);(H,6,7);/q;;+3/p-3/t37-,44-,45-,46+;;/m0../s1. The molecule has 3 N–H and O–H groups in total. The summed E-state index contributed by atoms with van der Waals surface area (Å²) in [5.74, 6) is -4.99. The number of aliphatic hydroxyl groups is 1. The van der Waals surface area contributed by atoms with E-state index in [0.29, 0.717) is 70.4 Å². The van der Waals surface area contributed by atoms with Gasteiger partial charge in [-0.15, -0.1) is 0 Å². The third kappa shape index (κ3) is 11.2. The van der Waals surface area contributed by atoms with Crippen LogP contribution in [0.5, 0.6) is 11.5 Å². The van der Waals surface area contributed by atoms with Crippen molar-refractivity contribution in [3.63, 3.8) is 0 Å². The molecular formula is C48H60F3InN6O11. The van der Waals surface area contributed by atoms with E-state index in [-0.39, 0.29) is 57.3 Å². The molecule has 372 valence electrons. The van der Waals surface area contributed by atoms with Gasteiger partial charge in [-0.1, -0.05) is 37.1 Å². The number of likely N-dealkylation sites (tertiary alicyclic amines) is 1. The van der Waals surface area contributed by atoms with Gasteiger partial charge in [0.25, 0.3) is 0 Å². The van der Waals surface area contributed by atoms with Crippen LogP contribution < -0.4 is 20.1 Å². The van der Waals surface area contributed by atoms with Gasteiger partial charge in [-0.05, 0) is 80.8 Å². The molecule has 3 fully saturated rings. The average molecular weight is 1070 g/mol. The number of aromatic nitrogens is 1. The van der Waals surface area contributed by atoms with E-state index in [1.807, 2.05) is 0 Å². The molecule has 21 heteroatoms. The van der Waals surface area contributed by atoms with Gasteiger partial charge in [-0.3, -0.25) is 19.6 Å². The molecule has 2 bridgehead atoms. The van der Waals surface area contributed by atoms with E-state index in [0.717, 1.165) is 92.4 Å². The fourth-order valence-corrected chi connectivity index (χ4v) is 11.8. The van der Waals surface area contributed by atoms with Gasteiger partial charge in [-0.2, -0.15) is 13.2 Å². The van der Waals surface area contributed by atoms with Crippen LogP contribution in [0.1, 0.15) is 73.4 Å². The van der Waals surface area contributed by atoms with Crippen molar-refractivity contribution >= 4 is 60.6 Å². The molecule has 69 heavy (non-hydrogen) atoms. The second-order valence-corrected chi connectivity index (χ2v) is 19.5. The third-order valence-electron chi connectivity index (χ3n) is 15.2. The first kappa shape index (κ1) is 52.7. The molecule has 2 saturated heterocycles. The number of phenolic OH excluding ortho intramolecular Hbond substituents is 1. The first-order valence-corrected chi connectivity index (χ1v) is 23.8. The largest absolute Gasteiger partial charge is 3.00 e. The number of carboxylic acids is 4. The zero-order chi connectivity index (χ0) is 48.5. The molecule has 3 aliphatic heterocycles. The van der Waals surface area contributed by atoms with Crippen LogP contribution in [0.15, 0.2) is 36.4 Å². The molecule has 9 rings (SSSR count). The summed E-state index contributed by atoms with van der Waals surface area (Å²) in [6.45, 7) is 5.90. The molecule has 4 heterocycles. The number of para-hydroxylation sites is 1. The van der Waals surface area contributed by atoms with E-state index < -0.39 is 47.2 Å². The van der Waals surface area contributed by atoms with Gasteiger partial charge in [-0.25, -0.2) is 4.79 Å². The van der Waals surface area contributed by atoms with E-state index in [1.54, 1.807) is 20.8 Å². The predicted molar refractivity (Wildman–Crippen MR) is 239 cm³/mol. The second kappa shape index (κ2) is 21.7. The molecule has 4 atom stereocenters. The Labute approximate surface area is 417 Å². The van der Waals surface area contributed by atoms with Crippen LogP contribution in [0, 0.1) is 5.92 Å². The number of carboxylic acid groups (broad SMARTS) is 4. The number of unbranched alkanes of at least 4 members (excludes halogenated alkanes) is 3. The summed E-state index contributed by atoms with van der Waals surface area (Å²) >= 11 is 0. The molecule has 0 radical (unpaired) electrons. The Morgan fingerprint density at radius 2 is 1.29 bits per heavy atom. The van der Waals surface area contributed by atoms with Crippen LogP contribution in [0.25, 0.3) is 10.9 Å². The summed E-state index contributed by atoms with van der Waals surface area (Å²) in [7, 11) is 0. The number of alkyl halides is 3. The molecule has 3 aromatic rings. The molecule has 17 nitrogen and oxygen atoms in total. The Balaban J connectivity index is 0.000000818. The van der Waals surface area contributed by atoms with Crippen LogP contribution >= 0.6 is 0 Å². The molecule has 1 aromatic heterocycles. The number of hydrogen-bond donors (Lipinski definition) is 3. The molecule has 1 spiro atoms. The van der Waals surface area contributed by atoms with Crippen molar-refractivity contribution in [3.8, 4) is 11.5 Å². The first-order chi connectivity index (χ1) is 32.4. The molecule has 0 unspecified atom stereocenters. The summed E-state index contributed by atoms with van der Waals surface area (Å²) in [6, 6.07) is 12.3. The summed E-state index contributed by atoms with van der Waals surface area (Å²) < 4.78 is 41.2. The Kier molecular flexibility index (Phi) is 16.6. The van der Waals surface area contributed by atoms with Gasteiger partial charge >= 0.3 is 38.0 Å². The second-order valence-electron chi connectivity index (χ2n) is 19.5. The number of aliphatic carboxylic acids is 4. The van der Waals surface area contributed by atoms with Crippen molar-refractivity contribution < 1.29 is 67.7 Å². The van der Waals surface area contributed by atoms with Crippen LogP contribution in [0.4, 0.5) is 13.2 Å². The Bertz CT molecular complexity index is 2340. The van der Waals surface area contributed by atoms with Crippen molar-refractivity contribution in [2.45, 2.75) is 93.7 Å². The number of hydrogen-bond acceptors (Lipinski definition) is 15. The van der Waals surface area contributed by atoms with Crippen molar-refractivity contribution in [1.82, 2.24) is 29.1 Å². The number of aryl methyl sites for hydroxylation is 1. The molecule has 3 aliphatic carbocycles. The van der Waals surface area contributed by atoms with Crippen LogP contribution in [0.2, 0.25) is 0 Å². The Morgan fingerprint density at radius 1 is 0.754 bits per heavy atom. The number of benzene rings is 2. The monoisotopic (exact) mass is 1070 g/mol. The van der Waals surface area contributed by atoms with Crippen LogP contribution in [0.3, 0.4) is 0 Å². The quantitative estimate of drug-likeness (QED) is 0.161. The van der Waals surface area contributed by atoms with Gasteiger partial charge in [0.2, 0.25) is 0 Å². The van der Waals surface area contributed by atoms with Gasteiger partial charge in [0.05, 0.1) is 34.6 Å². The van der Waals surface area contributed by atoms with Crippen molar-refractivity contribution in [1.29, 1.82) is 0 Å². The number of piperidine rings is 1. The topological polar surface area (TPSA) is 229 Å². The number of aromatic hydroxyl groups is 1. The minimum atomic E-state index is -5.08. The minimum absolute atomic E-state index is 0.